The van der Waals surface area contributed by atoms with Gasteiger partial charge in [0.05, 0.1) is 24.8 Å². The number of benzene rings is 2. The van der Waals surface area contributed by atoms with Gasteiger partial charge in [-0.1, -0.05) is 35.9 Å². The number of carbonyl (C=O) groups is 1. The zero-order valence-corrected chi connectivity index (χ0v) is 15.6. The minimum Gasteiger partial charge on any atom is -0.493 e. The highest BCUT2D eigenvalue weighted by Crippen LogP contribution is 2.36. The zero-order chi connectivity index (χ0) is 20.9. The van der Waals surface area contributed by atoms with Gasteiger partial charge in [-0.25, -0.2) is 4.79 Å². The number of allylic oxidation sites excluding steroid dienone is 2. The minimum absolute atomic E-state index is 0.216. The highest BCUT2D eigenvalue weighted by atomic mass is 35.5. The zero-order valence-electron chi connectivity index (χ0n) is 14.9. The predicted molar refractivity (Wildman–Crippen MR) is 101 cm³/mol. The van der Waals surface area contributed by atoms with Crippen LogP contribution in [0.5, 0.6) is 11.5 Å². The van der Waals surface area contributed by atoms with Gasteiger partial charge in [0.1, 0.15) is 0 Å². The molecule has 4 nitrogen and oxygen atoms in total. The van der Waals surface area contributed by atoms with Crippen LogP contribution >= 0.6 is 11.6 Å². The summed E-state index contributed by atoms with van der Waals surface area (Å²) in [5.41, 5.74) is -0.00189. The van der Waals surface area contributed by atoms with Gasteiger partial charge in [0, 0.05) is 6.08 Å². The Morgan fingerprint density at radius 2 is 1.75 bits per heavy atom. The van der Waals surface area contributed by atoms with Crippen LogP contribution in [0.4, 0.5) is 13.2 Å². The summed E-state index contributed by atoms with van der Waals surface area (Å²) >= 11 is 5.61. The molecule has 0 fully saturated rings. The molecule has 0 aliphatic rings. The Labute approximate surface area is 164 Å². The van der Waals surface area contributed by atoms with Crippen molar-refractivity contribution in [1.29, 1.82) is 0 Å². The van der Waals surface area contributed by atoms with Gasteiger partial charge >= 0.3 is 12.1 Å². The summed E-state index contributed by atoms with van der Waals surface area (Å²) in [6, 6.07) is 8.22. The first-order chi connectivity index (χ1) is 13.2. The standard InChI is InChI=1S/C20H16ClF3O4/c1-27-17-8-6-13(10-18(17)28-2)14(11-19(25)26)5-3-12-4-7-16(21)15(9-12)20(22,23)24/h3-11H,1-2H3,(H,25,26)/b5-3+,14-11-. The van der Waals surface area contributed by atoms with Gasteiger partial charge in [-0.05, 0) is 41.0 Å². The molecule has 0 saturated heterocycles. The predicted octanol–water partition coefficient (Wildman–Crippen LogP) is 5.56. The Morgan fingerprint density at radius 3 is 2.32 bits per heavy atom. The van der Waals surface area contributed by atoms with E-state index in [1.54, 1.807) is 18.2 Å². The van der Waals surface area contributed by atoms with Crippen LogP contribution in [0.2, 0.25) is 5.02 Å². The molecule has 0 aliphatic heterocycles. The van der Waals surface area contributed by atoms with E-state index in [1.807, 2.05) is 0 Å². The maximum absolute atomic E-state index is 13.0. The van der Waals surface area contributed by atoms with Crippen molar-refractivity contribution >= 4 is 29.2 Å². The van der Waals surface area contributed by atoms with Crippen molar-refractivity contribution in [2.45, 2.75) is 6.18 Å². The SMILES string of the molecule is COc1ccc(C(=C\C(=O)O)/C=C/c2ccc(Cl)c(C(F)(F)F)c2)cc1OC. The van der Waals surface area contributed by atoms with Crippen molar-refractivity contribution in [1.82, 2.24) is 0 Å². The number of hydrogen-bond acceptors (Lipinski definition) is 3. The van der Waals surface area contributed by atoms with E-state index >= 15 is 0 Å². The summed E-state index contributed by atoms with van der Waals surface area (Å²) in [4.78, 5) is 11.2. The minimum atomic E-state index is -4.59. The number of carboxylic acids is 1. The average Bonchev–Trinajstić information content (AvgIpc) is 2.64. The molecule has 0 amide bonds. The Bertz CT molecular complexity index is 934. The van der Waals surface area contributed by atoms with E-state index in [4.69, 9.17) is 26.2 Å². The van der Waals surface area contributed by atoms with Gasteiger partial charge in [-0.15, -0.1) is 0 Å². The third kappa shape index (κ3) is 5.29. The normalized spacial score (nSPS) is 12.3. The van der Waals surface area contributed by atoms with E-state index in [1.165, 1.54) is 32.4 Å². The summed E-state index contributed by atoms with van der Waals surface area (Å²) in [7, 11) is 2.90. The first-order valence-electron chi connectivity index (χ1n) is 7.87. The molecule has 2 rings (SSSR count). The van der Waals surface area contributed by atoms with Gasteiger partial charge < -0.3 is 14.6 Å². The molecule has 0 atom stereocenters. The number of ether oxygens (including phenoxy) is 2. The van der Waals surface area contributed by atoms with Crippen LogP contribution in [-0.4, -0.2) is 25.3 Å². The van der Waals surface area contributed by atoms with Crippen molar-refractivity contribution < 1.29 is 32.5 Å². The second kappa shape index (κ2) is 8.84. The third-order valence-electron chi connectivity index (χ3n) is 3.75. The number of halogens is 4. The van der Waals surface area contributed by atoms with E-state index in [2.05, 4.69) is 0 Å². The fourth-order valence-corrected chi connectivity index (χ4v) is 2.65. The number of rotatable bonds is 6. The summed E-state index contributed by atoms with van der Waals surface area (Å²) in [5, 5.41) is 8.71. The highest BCUT2D eigenvalue weighted by Gasteiger charge is 2.33. The van der Waals surface area contributed by atoms with E-state index in [9.17, 15) is 18.0 Å². The summed E-state index contributed by atoms with van der Waals surface area (Å²) < 4.78 is 49.3. The molecule has 28 heavy (non-hydrogen) atoms. The molecule has 1 N–H and O–H groups in total. The van der Waals surface area contributed by atoms with Crippen LogP contribution < -0.4 is 9.47 Å². The fraction of sp³-hybridized carbons (Fsp3) is 0.150. The summed E-state index contributed by atoms with van der Waals surface area (Å²) in [6.07, 6.45) is -0.877. The van der Waals surface area contributed by atoms with Crippen LogP contribution in [0.15, 0.2) is 48.6 Å². The molecule has 148 valence electrons. The first-order valence-corrected chi connectivity index (χ1v) is 8.25. The first kappa shape index (κ1) is 21.4. The van der Waals surface area contributed by atoms with Gasteiger partial charge in [-0.3, -0.25) is 0 Å². The number of alkyl halides is 3. The van der Waals surface area contributed by atoms with Crippen molar-refractivity contribution in [3.05, 3.63) is 70.3 Å². The van der Waals surface area contributed by atoms with Crippen LogP contribution in [0.1, 0.15) is 16.7 Å². The van der Waals surface area contributed by atoms with Gasteiger partial charge in [0.2, 0.25) is 0 Å². The second-order valence-electron chi connectivity index (χ2n) is 5.58. The molecule has 0 heterocycles. The number of methoxy groups -OCH3 is 2. The van der Waals surface area contributed by atoms with Crippen LogP contribution in [-0.2, 0) is 11.0 Å². The molecular weight excluding hydrogens is 397 g/mol. The Morgan fingerprint density at radius 1 is 1.07 bits per heavy atom. The van der Waals surface area contributed by atoms with Crippen LogP contribution in [0.3, 0.4) is 0 Å². The Hall–Kier alpha value is -2.93. The van der Waals surface area contributed by atoms with Crippen molar-refractivity contribution in [3.63, 3.8) is 0 Å². The molecule has 0 bridgehead atoms. The van der Waals surface area contributed by atoms with E-state index in [-0.39, 0.29) is 11.1 Å². The van der Waals surface area contributed by atoms with Crippen molar-refractivity contribution in [2.24, 2.45) is 0 Å². The van der Waals surface area contributed by atoms with Crippen LogP contribution in [0, 0.1) is 0 Å². The smallest absolute Gasteiger partial charge is 0.417 e. The molecular formula is C20H16ClF3O4. The molecule has 0 aliphatic carbocycles. The van der Waals surface area contributed by atoms with Crippen molar-refractivity contribution in [2.75, 3.05) is 14.2 Å². The van der Waals surface area contributed by atoms with E-state index < -0.39 is 22.7 Å². The lowest BCUT2D eigenvalue weighted by Crippen LogP contribution is -2.05. The quantitative estimate of drug-likeness (QED) is 0.498. The van der Waals surface area contributed by atoms with Gasteiger partial charge in [0.15, 0.2) is 11.5 Å². The molecule has 0 spiro atoms. The molecule has 2 aromatic rings. The van der Waals surface area contributed by atoms with Crippen LogP contribution in [0.25, 0.3) is 11.6 Å². The third-order valence-corrected chi connectivity index (χ3v) is 4.08. The molecule has 0 unspecified atom stereocenters. The van der Waals surface area contributed by atoms with Gasteiger partial charge in [-0.2, -0.15) is 13.2 Å². The molecule has 2 aromatic carbocycles. The number of aliphatic carboxylic acids is 1. The maximum Gasteiger partial charge on any atom is 0.417 e. The highest BCUT2D eigenvalue weighted by molar-refractivity contribution is 6.31. The average molecular weight is 413 g/mol. The lowest BCUT2D eigenvalue weighted by molar-refractivity contribution is -0.137. The lowest BCUT2D eigenvalue weighted by atomic mass is 10.0. The summed E-state index contributed by atoms with van der Waals surface area (Å²) in [5.74, 6) is -0.366. The van der Waals surface area contributed by atoms with E-state index in [0.29, 0.717) is 17.1 Å². The topological polar surface area (TPSA) is 55.8 Å². The maximum atomic E-state index is 13.0. The monoisotopic (exact) mass is 412 g/mol. The molecule has 0 aromatic heterocycles. The number of hydrogen-bond donors (Lipinski definition) is 1. The van der Waals surface area contributed by atoms with Crippen molar-refractivity contribution in [3.8, 4) is 11.5 Å². The fourth-order valence-electron chi connectivity index (χ4n) is 2.43. The lowest BCUT2D eigenvalue weighted by Gasteiger charge is -2.11. The van der Waals surface area contributed by atoms with E-state index in [0.717, 1.165) is 18.2 Å². The second-order valence-corrected chi connectivity index (χ2v) is 5.99. The Balaban J connectivity index is 2.45. The van der Waals surface area contributed by atoms with Gasteiger partial charge in [0.25, 0.3) is 0 Å². The molecule has 0 saturated carbocycles. The summed E-state index contributed by atoms with van der Waals surface area (Å²) in [6.45, 7) is 0. The largest absolute Gasteiger partial charge is 0.493 e. The molecule has 0 radical (unpaired) electrons. The molecule has 8 heteroatoms. The Kier molecular flexibility index (Phi) is 6.75. The number of carboxylic acid groups (broad SMARTS) is 1.